The van der Waals surface area contributed by atoms with Crippen LogP contribution >= 0.6 is 23.2 Å². The fourth-order valence-corrected chi connectivity index (χ4v) is 3.78. The third kappa shape index (κ3) is 8.11. The Morgan fingerprint density at radius 3 is 2.49 bits per heavy atom. The van der Waals surface area contributed by atoms with Crippen LogP contribution in [0.2, 0.25) is 5.02 Å². The van der Waals surface area contributed by atoms with E-state index in [1.165, 1.54) is 36.5 Å². The van der Waals surface area contributed by atoms with E-state index in [2.05, 4.69) is 20.0 Å². The number of hydrogen-bond donors (Lipinski definition) is 3. The number of aromatic nitrogens is 2. The predicted octanol–water partition coefficient (Wildman–Crippen LogP) is 6.27. The molecule has 2 aromatic carbocycles. The molecule has 1 aromatic heterocycles. The molecule has 0 amide bonds. The van der Waals surface area contributed by atoms with Crippen molar-refractivity contribution in [2.75, 3.05) is 5.88 Å². The normalized spacial score (nSPS) is 13.5. The van der Waals surface area contributed by atoms with Crippen LogP contribution in [0, 0.1) is 6.92 Å². The van der Waals surface area contributed by atoms with Crippen molar-refractivity contribution in [2.24, 2.45) is 0 Å². The Hall–Kier alpha value is -2.77. The molecule has 0 radical (unpaired) electrons. The van der Waals surface area contributed by atoms with Gasteiger partial charge < -0.3 is 14.7 Å². The maximum absolute atomic E-state index is 13.1. The first kappa shape index (κ1) is 28.8. The molecule has 1 heterocycles. The van der Waals surface area contributed by atoms with E-state index in [-0.39, 0.29) is 40.3 Å². The molecular weight excluding hydrogens is 546 g/mol. The highest BCUT2D eigenvalue weighted by Gasteiger charge is 2.31. The molecular formula is C23H21Cl2F5N4O3. The van der Waals surface area contributed by atoms with Crippen molar-refractivity contribution >= 4 is 23.2 Å². The summed E-state index contributed by atoms with van der Waals surface area (Å²) in [7, 11) is 0. The standard InChI is InChI=1S/C23H21Cl2F5N4O3/c1-12-31-11-19(36-16-4-2-3-14(8-16)23(28,29)30)20(32-12)21(34-35)33-15(10-24)7-13-5-6-17(9-18(13)25)37-22(26)27/h2-6,8-9,11,15,21-22,33-35H,7,10H2,1H3/t15-,21?/m1/s1. The first-order valence-corrected chi connectivity index (χ1v) is 11.5. The van der Waals surface area contributed by atoms with Crippen LogP contribution in [-0.4, -0.2) is 33.7 Å². The number of alkyl halides is 6. The summed E-state index contributed by atoms with van der Waals surface area (Å²) in [6, 6.07) is 7.78. The van der Waals surface area contributed by atoms with E-state index in [1.54, 1.807) is 6.92 Å². The second-order valence-corrected chi connectivity index (χ2v) is 8.43. The average Bonchev–Trinajstić information content (AvgIpc) is 2.83. The molecule has 0 aliphatic rings. The van der Waals surface area contributed by atoms with Crippen molar-refractivity contribution in [3.8, 4) is 17.2 Å². The van der Waals surface area contributed by atoms with E-state index < -0.39 is 30.6 Å². The lowest BCUT2D eigenvalue weighted by Gasteiger charge is -2.25. The molecule has 0 spiro atoms. The summed E-state index contributed by atoms with van der Waals surface area (Å²) in [6.07, 6.45) is -4.19. The number of nitrogens with zero attached hydrogens (tertiary/aromatic N) is 2. The first-order valence-electron chi connectivity index (χ1n) is 10.6. The molecule has 3 aromatic rings. The van der Waals surface area contributed by atoms with Gasteiger partial charge in [-0.3, -0.25) is 5.32 Å². The van der Waals surface area contributed by atoms with Gasteiger partial charge in [-0.05, 0) is 49.2 Å². The molecule has 1 unspecified atom stereocenters. The summed E-state index contributed by atoms with van der Waals surface area (Å²) in [6.45, 7) is -1.42. The number of hydrogen-bond acceptors (Lipinski definition) is 7. The summed E-state index contributed by atoms with van der Waals surface area (Å²) >= 11 is 12.3. The van der Waals surface area contributed by atoms with Gasteiger partial charge in [-0.1, -0.05) is 23.7 Å². The number of nitrogens with one attached hydrogen (secondary N) is 2. The molecule has 0 aliphatic heterocycles. The Morgan fingerprint density at radius 2 is 1.86 bits per heavy atom. The predicted molar refractivity (Wildman–Crippen MR) is 125 cm³/mol. The van der Waals surface area contributed by atoms with Gasteiger partial charge in [0, 0.05) is 16.9 Å². The quantitative estimate of drug-likeness (QED) is 0.109. The molecule has 2 atom stereocenters. The zero-order chi connectivity index (χ0) is 27.2. The molecule has 0 saturated heterocycles. The minimum atomic E-state index is -4.57. The number of benzene rings is 2. The van der Waals surface area contributed by atoms with E-state index in [1.807, 2.05) is 5.48 Å². The van der Waals surface area contributed by atoms with Crippen LogP contribution in [0.15, 0.2) is 48.7 Å². The highest BCUT2D eigenvalue weighted by Crippen LogP contribution is 2.34. The number of halogens is 7. The minimum absolute atomic E-state index is 0.0242. The van der Waals surface area contributed by atoms with Crippen molar-refractivity contribution in [1.82, 2.24) is 20.8 Å². The third-order valence-corrected chi connectivity index (χ3v) is 5.72. The third-order valence-electron chi connectivity index (χ3n) is 5.00. The van der Waals surface area contributed by atoms with Gasteiger partial charge in [0.25, 0.3) is 0 Å². The van der Waals surface area contributed by atoms with Crippen LogP contribution in [-0.2, 0) is 12.6 Å². The van der Waals surface area contributed by atoms with Gasteiger partial charge in [0.05, 0.1) is 11.8 Å². The Kier molecular flexibility index (Phi) is 9.85. The Labute approximate surface area is 218 Å². The van der Waals surface area contributed by atoms with Gasteiger partial charge >= 0.3 is 12.8 Å². The lowest BCUT2D eigenvalue weighted by molar-refractivity contribution is -0.137. The molecule has 37 heavy (non-hydrogen) atoms. The molecule has 3 N–H and O–H groups in total. The lowest BCUT2D eigenvalue weighted by Crippen LogP contribution is -2.42. The van der Waals surface area contributed by atoms with Gasteiger partial charge in [0.2, 0.25) is 0 Å². The molecule has 0 fully saturated rings. The van der Waals surface area contributed by atoms with Crippen LogP contribution in [0.5, 0.6) is 17.2 Å². The Bertz CT molecular complexity index is 1200. The Morgan fingerprint density at radius 1 is 1.11 bits per heavy atom. The number of rotatable bonds is 11. The van der Waals surface area contributed by atoms with Crippen molar-refractivity contribution in [3.63, 3.8) is 0 Å². The van der Waals surface area contributed by atoms with E-state index in [0.717, 1.165) is 12.1 Å². The van der Waals surface area contributed by atoms with Crippen molar-refractivity contribution in [3.05, 3.63) is 76.3 Å². The zero-order valence-electron chi connectivity index (χ0n) is 19.1. The molecule has 0 saturated carbocycles. The molecule has 200 valence electrons. The first-order chi connectivity index (χ1) is 17.5. The van der Waals surface area contributed by atoms with Gasteiger partial charge in [-0.25, -0.2) is 9.97 Å². The largest absolute Gasteiger partial charge is 0.454 e. The van der Waals surface area contributed by atoms with Gasteiger partial charge in [-0.2, -0.15) is 27.4 Å². The van der Waals surface area contributed by atoms with Crippen LogP contribution in [0.4, 0.5) is 22.0 Å². The molecule has 3 rings (SSSR count). The van der Waals surface area contributed by atoms with Crippen molar-refractivity contribution in [1.29, 1.82) is 0 Å². The van der Waals surface area contributed by atoms with Gasteiger partial charge in [0.1, 0.15) is 29.2 Å². The van der Waals surface area contributed by atoms with Crippen LogP contribution in [0.25, 0.3) is 0 Å². The molecule has 0 aliphatic carbocycles. The van der Waals surface area contributed by atoms with E-state index in [0.29, 0.717) is 11.4 Å². The highest BCUT2D eigenvalue weighted by molar-refractivity contribution is 6.31. The average molecular weight is 567 g/mol. The summed E-state index contributed by atoms with van der Waals surface area (Å²) < 4.78 is 74.1. The molecule has 14 heteroatoms. The summed E-state index contributed by atoms with van der Waals surface area (Å²) in [5, 5.41) is 13.1. The van der Waals surface area contributed by atoms with Crippen molar-refractivity contribution < 1.29 is 36.6 Å². The monoisotopic (exact) mass is 566 g/mol. The maximum atomic E-state index is 13.1. The number of aryl methyl sites for hydroxylation is 1. The summed E-state index contributed by atoms with van der Waals surface area (Å²) in [5.74, 6) is 0.0729. The van der Waals surface area contributed by atoms with Crippen LogP contribution < -0.4 is 20.3 Å². The van der Waals surface area contributed by atoms with E-state index >= 15 is 0 Å². The van der Waals surface area contributed by atoms with Crippen LogP contribution in [0.3, 0.4) is 0 Å². The number of hydroxylamine groups is 1. The molecule has 7 nitrogen and oxygen atoms in total. The maximum Gasteiger partial charge on any atom is 0.416 e. The second-order valence-electron chi connectivity index (χ2n) is 7.71. The minimum Gasteiger partial charge on any atom is -0.454 e. The SMILES string of the molecule is Cc1ncc(Oc2cccc(C(F)(F)F)c2)c(C(NO)N[C@@H](CCl)Cc2ccc(OC(F)F)cc2Cl)n1. The zero-order valence-corrected chi connectivity index (χ0v) is 20.6. The second kappa shape index (κ2) is 12.7. The smallest absolute Gasteiger partial charge is 0.416 e. The summed E-state index contributed by atoms with van der Waals surface area (Å²) in [4.78, 5) is 8.29. The topological polar surface area (TPSA) is 88.5 Å². The highest BCUT2D eigenvalue weighted by atomic mass is 35.5. The fourth-order valence-electron chi connectivity index (χ4n) is 3.33. The fraction of sp³-hybridized carbons (Fsp3) is 0.304. The van der Waals surface area contributed by atoms with E-state index in [4.69, 9.17) is 27.9 Å². The van der Waals surface area contributed by atoms with Crippen molar-refractivity contribution in [2.45, 2.75) is 38.3 Å². The number of ether oxygens (including phenoxy) is 2. The van der Waals surface area contributed by atoms with E-state index in [9.17, 15) is 27.2 Å². The van der Waals surface area contributed by atoms with Gasteiger partial charge in [-0.15, -0.1) is 11.6 Å². The van der Waals surface area contributed by atoms with Gasteiger partial charge in [0.15, 0.2) is 5.75 Å². The Balaban J connectivity index is 1.82. The lowest BCUT2D eigenvalue weighted by atomic mass is 10.1. The molecule has 0 bridgehead atoms. The van der Waals surface area contributed by atoms with Crippen LogP contribution in [0.1, 0.15) is 28.8 Å². The summed E-state index contributed by atoms with van der Waals surface area (Å²) in [5.41, 5.74) is 1.79.